The number of benzene rings is 3. The summed E-state index contributed by atoms with van der Waals surface area (Å²) in [6, 6.07) is 20.3. The first-order chi connectivity index (χ1) is 20.0. The van der Waals surface area contributed by atoms with E-state index in [1.807, 2.05) is 42.5 Å². The van der Waals surface area contributed by atoms with Crippen molar-refractivity contribution in [2.24, 2.45) is 0 Å². The molecule has 1 atom stereocenters. The lowest BCUT2D eigenvalue weighted by atomic mass is 9.92. The predicted octanol–water partition coefficient (Wildman–Crippen LogP) is 6.02. The van der Waals surface area contributed by atoms with Crippen molar-refractivity contribution in [1.82, 2.24) is 14.8 Å². The maximum Gasteiger partial charge on any atom is 0.416 e. The zero-order chi connectivity index (χ0) is 28.3. The molecule has 4 N–H and O–H groups in total. The molecule has 8 nitrogen and oxygen atoms in total. The normalized spacial score (nSPS) is 17.5. The molecule has 4 aromatic rings. The van der Waals surface area contributed by atoms with Gasteiger partial charge in [0, 0.05) is 59.4 Å². The summed E-state index contributed by atoms with van der Waals surface area (Å²) >= 11 is 12.4. The van der Waals surface area contributed by atoms with E-state index in [-0.39, 0.29) is 24.2 Å². The number of nitrogens with zero attached hydrogens (tertiary/aromatic N) is 2. The third-order valence-electron chi connectivity index (χ3n) is 8.01. The van der Waals surface area contributed by atoms with Crippen molar-refractivity contribution >= 4 is 40.2 Å². The minimum Gasteiger partial charge on any atom is -0.490 e. The fourth-order valence-electron chi connectivity index (χ4n) is 5.93. The Kier molecular flexibility index (Phi) is 9.60. The highest BCUT2D eigenvalue weighted by atomic mass is 35.5. The van der Waals surface area contributed by atoms with Gasteiger partial charge >= 0.3 is 6.09 Å². The Morgan fingerprint density at radius 1 is 0.929 bits per heavy atom. The third-order valence-corrected chi connectivity index (χ3v) is 8.50. The van der Waals surface area contributed by atoms with E-state index in [0.29, 0.717) is 28.8 Å². The summed E-state index contributed by atoms with van der Waals surface area (Å²) < 4.78 is 12.1. The number of aliphatic hydroxyl groups is 1. The Balaban J connectivity index is 0.00000353. The molecule has 1 saturated heterocycles. The smallest absolute Gasteiger partial charge is 0.416 e. The van der Waals surface area contributed by atoms with Gasteiger partial charge in [0.2, 0.25) is 0 Å². The highest BCUT2D eigenvalue weighted by Crippen LogP contribution is 2.40. The molecule has 0 saturated carbocycles. The van der Waals surface area contributed by atoms with Crippen molar-refractivity contribution in [3.8, 4) is 11.5 Å². The average molecular weight is 613 g/mol. The van der Waals surface area contributed by atoms with Crippen LogP contribution in [-0.4, -0.2) is 70.3 Å². The Morgan fingerprint density at radius 3 is 2.33 bits per heavy atom. The number of rotatable bonds is 7. The lowest BCUT2D eigenvalue weighted by molar-refractivity contribution is 0.0963. The molecule has 6 rings (SSSR count). The van der Waals surface area contributed by atoms with E-state index in [2.05, 4.69) is 9.88 Å². The van der Waals surface area contributed by atoms with Gasteiger partial charge in [-0.3, -0.25) is 4.90 Å². The molecule has 0 unspecified atom stereocenters. The van der Waals surface area contributed by atoms with Crippen LogP contribution in [0.25, 0.3) is 10.9 Å². The van der Waals surface area contributed by atoms with E-state index >= 15 is 0 Å². The number of ether oxygens (including phenoxy) is 2. The maximum atomic E-state index is 13.5. The molecule has 0 aliphatic carbocycles. The van der Waals surface area contributed by atoms with Gasteiger partial charge in [0.15, 0.2) is 0 Å². The lowest BCUT2D eigenvalue weighted by Gasteiger charge is -2.35. The molecule has 1 aromatic heterocycles. The monoisotopic (exact) mass is 611 g/mol. The van der Waals surface area contributed by atoms with Crippen molar-refractivity contribution in [2.75, 3.05) is 32.8 Å². The van der Waals surface area contributed by atoms with Crippen LogP contribution >= 0.6 is 23.2 Å². The van der Waals surface area contributed by atoms with E-state index in [0.717, 1.165) is 72.4 Å². The maximum absolute atomic E-state index is 13.5. The first-order valence-electron chi connectivity index (χ1n) is 14.1. The van der Waals surface area contributed by atoms with Crippen LogP contribution in [0.3, 0.4) is 0 Å². The quantitative estimate of drug-likeness (QED) is 0.265. The van der Waals surface area contributed by atoms with Gasteiger partial charge in [0.1, 0.15) is 23.6 Å². The number of aliphatic hydroxyl groups excluding tert-OH is 1. The van der Waals surface area contributed by atoms with Crippen LogP contribution in [0.5, 0.6) is 11.5 Å². The number of hydrogen-bond donors (Lipinski definition) is 2. The standard InChI is InChI=1S/C32H33Cl2N3O4.H2O/c33-22-4-9-25(10-5-22)41-32(39)37-18-14-27-28-20-23(34)6-11-29(28)35-30(27)31(37)21-2-7-24(8-3-21)40-26-12-16-36(17-13-26)15-1-19-38;/h2-11,20,26,31,35,38H,1,12-19H2;1H2/t31-;/m0./s1. The molecule has 10 heteroatoms. The Labute approximate surface area is 255 Å². The number of likely N-dealkylation sites (tertiary alicyclic amines) is 1. The van der Waals surface area contributed by atoms with Gasteiger partial charge in [0.25, 0.3) is 0 Å². The summed E-state index contributed by atoms with van der Waals surface area (Å²) in [6.45, 7) is 3.61. The van der Waals surface area contributed by atoms with Gasteiger partial charge in [-0.1, -0.05) is 35.3 Å². The number of halogens is 2. The minimum absolute atomic E-state index is 0. The molecule has 3 heterocycles. The zero-order valence-corrected chi connectivity index (χ0v) is 24.7. The number of amides is 1. The fourth-order valence-corrected chi connectivity index (χ4v) is 6.23. The molecule has 222 valence electrons. The van der Waals surface area contributed by atoms with Crippen LogP contribution in [0.1, 0.15) is 42.1 Å². The fraction of sp³-hybridized carbons (Fsp3) is 0.344. The van der Waals surface area contributed by atoms with Crippen LogP contribution in [0, 0.1) is 0 Å². The second-order valence-corrected chi connectivity index (χ2v) is 11.6. The largest absolute Gasteiger partial charge is 0.490 e. The van der Waals surface area contributed by atoms with E-state index in [4.69, 9.17) is 37.8 Å². The minimum atomic E-state index is -0.423. The van der Waals surface area contributed by atoms with Crippen molar-refractivity contribution in [2.45, 2.75) is 37.8 Å². The van der Waals surface area contributed by atoms with Crippen molar-refractivity contribution < 1.29 is 24.9 Å². The van der Waals surface area contributed by atoms with E-state index in [9.17, 15) is 4.79 Å². The van der Waals surface area contributed by atoms with Crippen LogP contribution < -0.4 is 9.47 Å². The molecular formula is C32H35Cl2N3O5. The van der Waals surface area contributed by atoms with Crippen LogP contribution in [-0.2, 0) is 6.42 Å². The third kappa shape index (κ3) is 6.53. The number of carbonyl (C=O) groups is 1. The first kappa shape index (κ1) is 30.2. The van der Waals surface area contributed by atoms with Crippen LogP contribution in [0.4, 0.5) is 4.79 Å². The molecular weight excluding hydrogens is 577 g/mol. The number of nitrogens with one attached hydrogen (secondary N) is 1. The molecule has 0 spiro atoms. The number of H-pyrrole nitrogens is 1. The van der Waals surface area contributed by atoms with Crippen LogP contribution in [0.2, 0.25) is 10.0 Å². The number of hydrogen-bond acceptors (Lipinski definition) is 5. The summed E-state index contributed by atoms with van der Waals surface area (Å²) in [5.74, 6) is 1.26. The molecule has 2 aliphatic heterocycles. The number of aromatic amines is 1. The first-order valence-corrected chi connectivity index (χ1v) is 14.9. The van der Waals surface area contributed by atoms with Gasteiger partial charge < -0.3 is 29.9 Å². The van der Waals surface area contributed by atoms with E-state index in [1.165, 1.54) is 0 Å². The predicted molar refractivity (Wildman–Crippen MR) is 165 cm³/mol. The molecule has 0 radical (unpaired) electrons. The summed E-state index contributed by atoms with van der Waals surface area (Å²) in [5, 5.41) is 11.4. The second kappa shape index (κ2) is 13.4. The SMILES string of the molecule is O.O=C(Oc1ccc(Cl)cc1)N1CCc2c([nH]c3ccc(Cl)cc23)[C@@H]1c1ccc(OC2CCN(CCCO)CC2)cc1. The summed E-state index contributed by atoms with van der Waals surface area (Å²) in [7, 11) is 0. The summed E-state index contributed by atoms with van der Waals surface area (Å²) in [6.07, 6.45) is 3.15. The highest BCUT2D eigenvalue weighted by molar-refractivity contribution is 6.31. The molecule has 1 amide bonds. The van der Waals surface area contributed by atoms with Gasteiger partial charge in [-0.05, 0) is 91.4 Å². The highest BCUT2D eigenvalue weighted by Gasteiger charge is 2.36. The number of aromatic nitrogens is 1. The number of piperidine rings is 1. The average Bonchev–Trinajstić information content (AvgIpc) is 3.36. The lowest BCUT2D eigenvalue weighted by Crippen LogP contribution is -2.42. The van der Waals surface area contributed by atoms with Gasteiger partial charge in [-0.15, -0.1) is 0 Å². The number of fused-ring (bicyclic) bond motifs is 3. The van der Waals surface area contributed by atoms with E-state index < -0.39 is 6.09 Å². The van der Waals surface area contributed by atoms with Crippen molar-refractivity contribution in [3.63, 3.8) is 0 Å². The van der Waals surface area contributed by atoms with Crippen molar-refractivity contribution in [3.05, 3.63) is 93.6 Å². The Hall–Kier alpha value is -3.27. The molecule has 2 aliphatic rings. The molecule has 0 bridgehead atoms. The van der Waals surface area contributed by atoms with Crippen molar-refractivity contribution in [1.29, 1.82) is 0 Å². The number of carbonyl (C=O) groups excluding carboxylic acids is 1. The summed E-state index contributed by atoms with van der Waals surface area (Å²) in [5.41, 5.74) is 4.08. The zero-order valence-electron chi connectivity index (χ0n) is 23.2. The van der Waals surface area contributed by atoms with Crippen LogP contribution in [0.15, 0.2) is 66.7 Å². The van der Waals surface area contributed by atoms with E-state index in [1.54, 1.807) is 29.2 Å². The Morgan fingerprint density at radius 2 is 1.62 bits per heavy atom. The van der Waals surface area contributed by atoms with Gasteiger partial charge in [0.05, 0.1) is 0 Å². The molecule has 1 fully saturated rings. The second-order valence-electron chi connectivity index (χ2n) is 10.7. The summed E-state index contributed by atoms with van der Waals surface area (Å²) in [4.78, 5) is 21.3. The molecule has 42 heavy (non-hydrogen) atoms. The topological polar surface area (TPSA) is 110 Å². The van der Waals surface area contributed by atoms with Gasteiger partial charge in [-0.25, -0.2) is 4.79 Å². The molecule has 3 aromatic carbocycles. The van der Waals surface area contributed by atoms with Gasteiger partial charge in [-0.2, -0.15) is 0 Å². The Bertz CT molecular complexity index is 1500.